The summed E-state index contributed by atoms with van der Waals surface area (Å²) in [6, 6.07) is 4.06. The van der Waals surface area contributed by atoms with E-state index < -0.39 is 0 Å². The fourth-order valence-corrected chi connectivity index (χ4v) is 3.40. The standard InChI is InChI=1S/C11H10N4S3/c1-7-12-5-8(18-7)6-15-10(13-14-11(15)16)9-3-2-4-17-9/h2-5H,6H2,1H3,(H,14,16). The van der Waals surface area contributed by atoms with Crippen molar-refractivity contribution in [3.8, 4) is 10.7 Å². The average molecular weight is 294 g/mol. The lowest BCUT2D eigenvalue weighted by Crippen LogP contribution is -2.00. The van der Waals surface area contributed by atoms with Crippen molar-refractivity contribution in [3.63, 3.8) is 0 Å². The number of aromatic amines is 1. The summed E-state index contributed by atoms with van der Waals surface area (Å²) >= 11 is 8.63. The van der Waals surface area contributed by atoms with Gasteiger partial charge in [-0.1, -0.05) is 6.07 Å². The summed E-state index contributed by atoms with van der Waals surface area (Å²) in [6.45, 7) is 2.72. The van der Waals surface area contributed by atoms with Gasteiger partial charge in [0, 0.05) is 11.1 Å². The van der Waals surface area contributed by atoms with Gasteiger partial charge in [0.1, 0.15) is 0 Å². The number of nitrogens with zero attached hydrogens (tertiary/aromatic N) is 3. The lowest BCUT2D eigenvalue weighted by atomic mass is 10.4. The van der Waals surface area contributed by atoms with Crippen molar-refractivity contribution >= 4 is 34.9 Å². The van der Waals surface area contributed by atoms with Gasteiger partial charge in [0.25, 0.3) is 0 Å². The highest BCUT2D eigenvalue weighted by atomic mass is 32.1. The molecule has 0 saturated heterocycles. The van der Waals surface area contributed by atoms with Gasteiger partial charge in [-0.05, 0) is 30.6 Å². The first-order chi connectivity index (χ1) is 8.74. The minimum Gasteiger partial charge on any atom is -0.294 e. The largest absolute Gasteiger partial charge is 0.294 e. The third-order valence-electron chi connectivity index (χ3n) is 2.48. The van der Waals surface area contributed by atoms with Gasteiger partial charge in [-0.3, -0.25) is 9.67 Å². The quantitative estimate of drug-likeness (QED) is 0.752. The molecule has 92 valence electrons. The minimum atomic E-state index is 0.643. The Morgan fingerprint density at radius 3 is 3.06 bits per heavy atom. The number of rotatable bonds is 3. The zero-order valence-corrected chi connectivity index (χ0v) is 12.0. The Morgan fingerprint density at radius 1 is 1.50 bits per heavy atom. The van der Waals surface area contributed by atoms with Crippen LogP contribution in [0.25, 0.3) is 10.7 Å². The molecule has 0 fully saturated rings. The van der Waals surface area contributed by atoms with Crippen LogP contribution in [0.2, 0.25) is 0 Å². The normalized spacial score (nSPS) is 10.9. The smallest absolute Gasteiger partial charge is 0.195 e. The SMILES string of the molecule is Cc1ncc(Cn2c(-c3cccs3)n[nH]c2=S)s1. The highest BCUT2D eigenvalue weighted by Gasteiger charge is 2.11. The zero-order valence-electron chi connectivity index (χ0n) is 9.58. The third-order valence-corrected chi connectivity index (χ3v) is 4.56. The lowest BCUT2D eigenvalue weighted by molar-refractivity contribution is 0.802. The van der Waals surface area contributed by atoms with Crippen LogP contribution in [0.3, 0.4) is 0 Å². The number of hydrogen-bond donors (Lipinski definition) is 1. The van der Waals surface area contributed by atoms with E-state index in [1.54, 1.807) is 22.7 Å². The van der Waals surface area contributed by atoms with E-state index in [-0.39, 0.29) is 0 Å². The Bertz CT molecular complexity index is 705. The van der Waals surface area contributed by atoms with Gasteiger partial charge in [-0.2, -0.15) is 5.10 Å². The first-order valence-corrected chi connectivity index (χ1v) is 7.45. The van der Waals surface area contributed by atoms with Gasteiger partial charge in [0.2, 0.25) is 0 Å². The summed E-state index contributed by atoms with van der Waals surface area (Å²) in [6.07, 6.45) is 1.90. The molecule has 0 aliphatic heterocycles. The molecule has 3 aromatic rings. The average Bonchev–Trinajstić information content (AvgIpc) is 3.03. The number of hydrogen-bond acceptors (Lipinski definition) is 5. The second-order valence-electron chi connectivity index (χ2n) is 3.76. The number of aromatic nitrogens is 4. The van der Waals surface area contributed by atoms with E-state index in [1.807, 2.05) is 35.2 Å². The van der Waals surface area contributed by atoms with E-state index in [4.69, 9.17) is 12.2 Å². The molecule has 0 atom stereocenters. The first kappa shape index (κ1) is 11.8. The van der Waals surface area contributed by atoms with Crippen LogP contribution in [0.1, 0.15) is 9.88 Å². The molecule has 4 nitrogen and oxygen atoms in total. The second kappa shape index (κ2) is 4.75. The Balaban J connectivity index is 2.01. The minimum absolute atomic E-state index is 0.643. The maximum Gasteiger partial charge on any atom is 0.195 e. The summed E-state index contributed by atoms with van der Waals surface area (Å²) in [5.74, 6) is 0.890. The summed E-state index contributed by atoms with van der Waals surface area (Å²) < 4.78 is 2.65. The molecule has 0 amide bonds. The van der Waals surface area contributed by atoms with Gasteiger partial charge >= 0.3 is 0 Å². The molecule has 0 spiro atoms. The molecule has 3 heterocycles. The van der Waals surface area contributed by atoms with Crippen LogP contribution in [-0.4, -0.2) is 19.7 Å². The number of nitrogens with one attached hydrogen (secondary N) is 1. The molecule has 0 bridgehead atoms. The van der Waals surface area contributed by atoms with E-state index in [0.29, 0.717) is 11.3 Å². The molecule has 0 saturated carbocycles. The van der Waals surface area contributed by atoms with E-state index >= 15 is 0 Å². The van der Waals surface area contributed by atoms with E-state index in [1.165, 1.54) is 4.88 Å². The maximum atomic E-state index is 5.29. The molecular weight excluding hydrogens is 284 g/mol. The van der Waals surface area contributed by atoms with Crippen LogP contribution >= 0.6 is 34.9 Å². The Labute approximate surface area is 117 Å². The fourth-order valence-electron chi connectivity index (χ4n) is 1.69. The van der Waals surface area contributed by atoms with Crippen molar-refractivity contribution in [3.05, 3.63) is 38.4 Å². The molecule has 0 aromatic carbocycles. The predicted octanol–water partition coefficient (Wildman–Crippen LogP) is 3.48. The van der Waals surface area contributed by atoms with Crippen LogP contribution < -0.4 is 0 Å². The highest BCUT2D eigenvalue weighted by Crippen LogP contribution is 2.24. The van der Waals surface area contributed by atoms with E-state index in [9.17, 15) is 0 Å². The monoisotopic (exact) mass is 294 g/mol. The Kier molecular flexibility index (Phi) is 3.11. The molecule has 1 N–H and O–H groups in total. The van der Waals surface area contributed by atoms with Crippen molar-refractivity contribution in [2.45, 2.75) is 13.5 Å². The predicted molar refractivity (Wildman–Crippen MR) is 76.7 cm³/mol. The van der Waals surface area contributed by atoms with Gasteiger partial charge in [-0.15, -0.1) is 22.7 Å². The molecule has 0 unspecified atom stereocenters. The van der Waals surface area contributed by atoms with Crippen LogP contribution in [0.4, 0.5) is 0 Å². The summed E-state index contributed by atoms with van der Waals surface area (Å²) in [5.41, 5.74) is 0. The topological polar surface area (TPSA) is 46.5 Å². The van der Waals surface area contributed by atoms with Gasteiger partial charge in [0.15, 0.2) is 10.6 Å². The van der Waals surface area contributed by atoms with Crippen molar-refractivity contribution in [1.82, 2.24) is 19.7 Å². The number of thiophene rings is 1. The first-order valence-electron chi connectivity index (χ1n) is 5.34. The lowest BCUT2D eigenvalue weighted by Gasteiger charge is -2.02. The maximum absolute atomic E-state index is 5.29. The van der Waals surface area contributed by atoms with Crippen LogP contribution in [-0.2, 0) is 6.54 Å². The van der Waals surface area contributed by atoms with Crippen molar-refractivity contribution in [2.24, 2.45) is 0 Å². The van der Waals surface area contributed by atoms with Crippen LogP contribution in [0.15, 0.2) is 23.7 Å². The number of thiazole rings is 1. The fraction of sp³-hybridized carbons (Fsp3) is 0.182. The molecule has 3 rings (SSSR count). The van der Waals surface area contributed by atoms with Gasteiger partial charge < -0.3 is 0 Å². The van der Waals surface area contributed by atoms with Gasteiger partial charge in [-0.25, -0.2) is 4.98 Å². The summed E-state index contributed by atoms with van der Waals surface area (Å²) in [7, 11) is 0. The van der Waals surface area contributed by atoms with Crippen molar-refractivity contribution in [2.75, 3.05) is 0 Å². The van der Waals surface area contributed by atoms with E-state index in [2.05, 4.69) is 15.2 Å². The highest BCUT2D eigenvalue weighted by molar-refractivity contribution is 7.71. The van der Waals surface area contributed by atoms with Crippen LogP contribution in [0.5, 0.6) is 0 Å². The van der Waals surface area contributed by atoms with E-state index in [0.717, 1.165) is 15.7 Å². The van der Waals surface area contributed by atoms with Crippen molar-refractivity contribution < 1.29 is 0 Å². The molecule has 0 aliphatic rings. The molecule has 18 heavy (non-hydrogen) atoms. The molecule has 0 radical (unpaired) electrons. The Morgan fingerprint density at radius 2 is 2.39 bits per heavy atom. The third kappa shape index (κ3) is 2.16. The summed E-state index contributed by atoms with van der Waals surface area (Å²) in [5, 5.41) is 10.3. The molecule has 7 heteroatoms. The molecular formula is C11H10N4S3. The number of H-pyrrole nitrogens is 1. The van der Waals surface area contributed by atoms with Gasteiger partial charge in [0.05, 0.1) is 16.4 Å². The summed E-state index contributed by atoms with van der Waals surface area (Å²) in [4.78, 5) is 6.56. The zero-order chi connectivity index (χ0) is 12.5. The number of aryl methyl sites for hydroxylation is 1. The molecule has 0 aliphatic carbocycles. The second-order valence-corrected chi connectivity index (χ2v) is 6.42. The molecule has 3 aromatic heterocycles. The Hall–Kier alpha value is -1.31. The van der Waals surface area contributed by atoms with Crippen molar-refractivity contribution in [1.29, 1.82) is 0 Å². The van der Waals surface area contributed by atoms with Crippen LogP contribution in [0, 0.1) is 11.7 Å².